The first-order chi connectivity index (χ1) is 9.63. The van der Waals surface area contributed by atoms with Crippen molar-refractivity contribution in [1.29, 1.82) is 0 Å². The molecule has 0 saturated heterocycles. The molecular formula is C15H9NO2S2. The molecule has 0 saturated carbocycles. The number of hydrogen-bond acceptors (Lipinski definition) is 3. The Morgan fingerprint density at radius 2 is 1.70 bits per heavy atom. The van der Waals surface area contributed by atoms with Crippen molar-refractivity contribution in [3.63, 3.8) is 0 Å². The predicted molar refractivity (Wildman–Crippen MR) is 80.0 cm³/mol. The summed E-state index contributed by atoms with van der Waals surface area (Å²) in [7, 11) is -3.58. The highest BCUT2D eigenvalue weighted by Gasteiger charge is 2.21. The molecule has 0 bridgehead atoms. The summed E-state index contributed by atoms with van der Waals surface area (Å²) in [5.41, 5.74) is 0. The van der Waals surface area contributed by atoms with Gasteiger partial charge in [-0.25, -0.2) is 13.3 Å². The molecule has 0 amide bonds. The molecule has 5 heteroatoms. The van der Waals surface area contributed by atoms with Crippen LogP contribution in [-0.2, 0) is 9.84 Å². The van der Waals surface area contributed by atoms with Gasteiger partial charge in [0.1, 0.15) is 4.21 Å². The lowest BCUT2D eigenvalue weighted by Gasteiger charge is -2.06. The maximum absolute atomic E-state index is 12.7. The lowest BCUT2D eigenvalue weighted by atomic mass is 10.1. The normalized spacial score (nSPS) is 11.3. The summed E-state index contributed by atoms with van der Waals surface area (Å²) in [6.45, 7) is 6.94. The Morgan fingerprint density at radius 3 is 2.45 bits per heavy atom. The third kappa shape index (κ3) is 1.99. The first-order valence-corrected chi connectivity index (χ1v) is 8.13. The molecule has 1 aromatic heterocycles. The van der Waals surface area contributed by atoms with Crippen molar-refractivity contribution in [2.75, 3.05) is 0 Å². The second-order valence-corrected chi connectivity index (χ2v) is 7.39. The van der Waals surface area contributed by atoms with Gasteiger partial charge in [0.2, 0.25) is 14.8 Å². The van der Waals surface area contributed by atoms with Gasteiger partial charge in [0.15, 0.2) is 0 Å². The van der Waals surface area contributed by atoms with E-state index in [1.807, 2.05) is 24.3 Å². The van der Waals surface area contributed by atoms with Crippen LogP contribution in [0.4, 0.5) is 5.00 Å². The van der Waals surface area contributed by atoms with Crippen LogP contribution in [-0.4, -0.2) is 8.42 Å². The minimum absolute atomic E-state index is 0.208. The van der Waals surface area contributed by atoms with E-state index in [4.69, 9.17) is 6.57 Å². The number of hydrogen-bond donors (Lipinski definition) is 0. The van der Waals surface area contributed by atoms with Crippen molar-refractivity contribution in [3.8, 4) is 0 Å². The Morgan fingerprint density at radius 1 is 0.950 bits per heavy atom. The van der Waals surface area contributed by atoms with Crippen molar-refractivity contribution in [1.82, 2.24) is 0 Å². The van der Waals surface area contributed by atoms with Gasteiger partial charge in [-0.05, 0) is 23.6 Å². The predicted octanol–water partition coefficient (Wildman–Crippen LogP) is 4.28. The molecule has 0 N–H and O–H groups in total. The Bertz CT molecular complexity index is 928. The van der Waals surface area contributed by atoms with Gasteiger partial charge >= 0.3 is 0 Å². The molecule has 0 unspecified atom stereocenters. The molecule has 0 fully saturated rings. The standard InChI is InChI=1S/C15H9NO2S2/c1-16-14-9-10-15(19-14)20(17,18)13-8-4-6-11-5-2-3-7-12(11)13/h2-10H. The molecular weight excluding hydrogens is 290 g/mol. The van der Waals surface area contributed by atoms with Crippen LogP contribution < -0.4 is 0 Å². The summed E-state index contributed by atoms with van der Waals surface area (Å²) in [5.74, 6) is 0. The van der Waals surface area contributed by atoms with Crippen LogP contribution in [0.5, 0.6) is 0 Å². The number of nitrogens with zero attached hydrogens (tertiary/aromatic N) is 1. The van der Waals surface area contributed by atoms with Gasteiger partial charge < -0.3 is 0 Å². The van der Waals surface area contributed by atoms with Crippen LogP contribution in [0.2, 0.25) is 0 Å². The zero-order valence-corrected chi connectivity index (χ0v) is 11.9. The zero-order chi connectivity index (χ0) is 14.2. The van der Waals surface area contributed by atoms with E-state index in [1.54, 1.807) is 18.2 Å². The van der Waals surface area contributed by atoms with E-state index in [9.17, 15) is 8.42 Å². The molecule has 2 aromatic carbocycles. The van der Waals surface area contributed by atoms with Gasteiger partial charge in [-0.15, -0.1) is 11.3 Å². The van der Waals surface area contributed by atoms with Crippen molar-refractivity contribution in [2.24, 2.45) is 0 Å². The molecule has 3 rings (SSSR count). The Kier molecular flexibility index (Phi) is 3.05. The van der Waals surface area contributed by atoms with Crippen molar-refractivity contribution < 1.29 is 8.42 Å². The Labute approximate surface area is 120 Å². The van der Waals surface area contributed by atoms with E-state index >= 15 is 0 Å². The average molecular weight is 299 g/mol. The SMILES string of the molecule is [C-]#[N+]c1ccc(S(=O)(=O)c2cccc3ccccc23)s1. The number of thiophene rings is 1. The third-order valence-electron chi connectivity index (χ3n) is 2.98. The Hall–Kier alpha value is -2.16. The largest absolute Gasteiger partial charge is 0.242 e. The molecule has 0 aliphatic rings. The van der Waals surface area contributed by atoms with Crippen molar-refractivity contribution >= 4 is 36.9 Å². The topological polar surface area (TPSA) is 38.5 Å². The van der Waals surface area contributed by atoms with Gasteiger partial charge in [0.05, 0.1) is 11.5 Å². The van der Waals surface area contributed by atoms with Crippen molar-refractivity contribution in [2.45, 2.75) is 9.10 Å². The fraction of sp³-hybridized carbons (Fsp3) is 0. The molecule has 3 nitrogen and oxygen atoms in total. The second-order valence-electron chi connectivity index (χ2n) is 4.19. The molecule has 1 heterocycles. The summed E-state index contributed by atoms with van der Waals surface area (Å²) < 4.78 is 25.6. The van der Waals surface area contributed by atoms with Gasteiger partial charge in [0, 0.05) is 5.39 Å². The minimum atomic E-state index is -3.58. The molecule has 0 aliphatic heterocycles. The van der Waals surface area contributed by atoms with E-state index in [1.165, 1.54) is 12.1 Å². The van der Waals surface area contributed by atoms with Gasteiger partial charge in [-0.2, -0.15) is 0 Å². The minimum Gasteiger partial charge on any atom is -0.227 e. The van der Waals surface area contributed by atoms with Crippen molar-refractivity contribution in [3.05, 3.63) is 66.0 Å². The molecule has 0 radical (unpaired) electrons. The molecule has 20 heavy (non-hydrogen) atoms. The van der Waals surface area contributed by atoms with Crippen LogP contribution in [0.1, 0.15) is 0 Å². The lowest BCUT2D eigenvalue weighted by molar-refractivity contribution is 0.599. The molecule has 0 spiro atoms. The number of benzene rings is 2. The highest BCUT2D eigenvalue weighted by Crippen LogP contribution is 2.34. The smallest absolute Gasteiger partial charge is 0.227 e. The molecule has 98 valence electrons. The number of rotatable bonds is 2. The van der Waals surface area contributed by atoms with E-state index in [2.05, 4.69) is 4.85 Å². The maximum atomic E-state index is 12.7. The van der Waals surface area contributed by atoms with Crippen LogP contribution in [0.25, 0.3) is 15.6 Å². The number of sulfone groups is 1. The van der Waals surface area contributed by atoms with Gasteiger partial charge in [-0.1, -0.05) is 36.4 Å². The van der Waals surface area contributed by atoms with Gasteiger partial charge in [0.25, 0.3) is 0 Å². The summed E-state index contributed by atoms with van der Waals surface area (Å²) in [4.78, 5) is 3.55. The van der Waals surface area contributed by atoms with E-state index < -0.39 is 9.84 Å². The molecule has 3 aromatic rings. The average Bonchev–Trinajstić information content (AvgIpc) is 2.96. The first-order valence-electron chi connectivity index (χ1n) is 5.83. The molecule has 0 atom stereocenters. The summed E-state index contributed by atoms with van der Waals surface area (Å²) >= 11 is 1.00. The first kappa shape index (κ1) is 12.9. The summed E-state index contributed by atoms with van der Waals surface area (Å²) in [5, 5.41) is 1.96. The van der Waals surface area contributed by atoms with Crippen LogP contribution in [0.3, 0.4) is 0 Å². The van der Waals surface area contributed by atoms with Gasteiger partial charge in [-0.3, -0.25) is 0 Å². The highest BCUT2D eigenvalue weighted by molar-refractivity contribution is 7.93. The fourth-order valence-corrected chi connectivity index (χ4v) is 4.74. The monoisotopic (exact) mass is 299 g/mol. The Balaban J connectivity index is 2.27. The highest BCUT2D eigenvalue weighted by atomic mass is 32.2. The van der Waals surface area contributed by atoms with Crippen LogP contribution >= 0.6 is 11.3 Å². The van der Waals surface area contributed by atoms with E-state index in [0.29, 0.717) is 10.4 Å². The summed E-state index contributed by atoms with van der Waals surface area (Å²) in [6.07, 6.45) is 0. The van der Waals surface area contributed by atoms with Crippen LogP contribution in [0, 0.1) is 6.57 Å². The third-order valence-corrected chi connectivity index (χ3v) is 6.26. The quantitative estimate of drug-likeness (QED) is 0.662. The lowest BCUT2D eigenvalue weighted by Crippen LogP contribution is -2.00. The number of fused-ring (bicyclic) bond motifs is 1. The molecule has 0 aliphatic carbocycles. The second kappa shape index (κ2) is 4.75. The van der Waals surface area contributed by atoms with E-state index in [-0.39, 0.29) is 9.10 Å². The fourth-order valence-electron chi connectivity index (χ4n) is 2.05. The summed E-state index contributed by atoms with van der Waals surface area (Å²) in [6, 6.07) is 15.6. The van der Waals surface area contributed by atoms with Crippen LogP contribution in [0.15, 0.2) is 63.7 Å². The van der Waals surface area contributed by atoms with E-state index in [0.717, 1.165) is 16.7 Å². The maximum Gasteiger partial charge on any atom is 0.242 e. The zero-order valence-electron chi connectivity index (χ0n) is 10.3.